The fourth-order valence-corrected chi connectivity index (χ4v) is 2.99. The molecule has 0 bridgehead atoms. The van der Waals surface area contributed by atoms with E-state index in [1.165, 1.54) is 24.3 Å². The average molecular weight is 309 g/mol. The lowest BCUT2D eigenvalue weighted by Crippen LogP contribution is -2.24. The average Bonchev–Trinajstić information content (AvgIpc) is 2.46. The first-order valence-electron chi connectivity index (χ1n) is 6.39. The van der Waals surface area contributed by atoms with Gasteiger partial charge in [-0.15, -0.1) is 0 Å². The summed E-state index contributed by atoms with van der Waals surface area (Å²) >= 11 is 0. The second kappa shape index (κ2) is 6.80. The van der Waals surface area contributed by atoms with Gasteiger partial charge in [0.15, 0.2) is 0 Å². The minimum Gasteiger partial charge on any atom is -0.392 e. The molecule has 0 saturated carbocycles. The number of aliphatic hydroxyl groups is 1. The van der Waals surface area contributed by atoms with Crippen LogP contribution in [-0.4, -0.2) is 13.5 Å². The van der Waals surface area contributed by atoms with Gasteiger partial charge in [0, 0.05) is 6.54 Å². The van der Waals surface area contributed by atoms with Crippen LogP contribution in [-0.2, 0) is 28.9 Å². The molecule has 0 unspecified atom stereocenters. The summed E-state index contributed by atoms with van der Waals surface area (Å²) in [5.41, 5.74) is 1.96. The summed E-state index contributed by atoms with van der Waals surface area (Å²) in [6.07, 6.45) is 0. The number of sulfonamides is 1. The third-order valence-electron chi connectivity index (χ3n) is 2.94. The Morgan fingerprint density at radius 1 is 1.00 bits per heavy atom. The van der Waals surface area contributed by atoms with Crippen molar-refractivity contribution >= 4 is 10.0 Å². The van der Waals surface area contributed by atoms with Crippen LogP contribution in [0.2, 0.25) is 0 Å². The molecule has 0 fully saturated rings. The topological polar surface area (TPSA) is 66.4 Å². The summed E-state index contributed by atoms with van der Waals surface area (Å²) in [4.78, 5) is 0. The number of nitrogens with one attached hydrogen (secondary N) is 1. The van der Waals surface area contributed by atoms with E-state index in [1.807, 2.05) is 0 Å². The van der Waals surface area contributed by atoms with E-state index in [0.29, 0.717) is 16.7 Å². The smallest absolute Gasteiger partial charge is 0.216 e. The molecule has 0 spiro atoms. The predicted molar refractivity (Wildman–Crippen MR) is 78.2 cm³/mol. The first-order chi connectivity index (χ1) is 9.98. The van der Waals surface area contributed by atoms with Crippen LogP contribution in [0.1, 0.15) is 16.7 Å². The quantitative estimate of drug-likeness (QED) is 0.857. The van der Waals surface area contributed by atoms with Crippen LogP contribution >= 0.6 is 0 Å². The molecule has 0 atom stereocenters. The molecule has 6 heteroatoms. The summed E-state index contributed by atoms with van der Waals surface area (Å²) in [5.74, 6) is -0.524. The molecule has 0 aliphatic carbocycles. The molecule has 0 heterocycles. The Morgan fingerprint density at radius 2 is 1.67 bits per heavy atom. The second-order valence-corrected chi connectivity index (χ2v) is 6.49. The zero-order valence-electron chi connectivity index (χ0n) is 11.3. The summed E-state index contributed by atoms with van der Waals surface area (Å²) in [5, 5.41) is 9.04. The third kappa shape index (κ3) is 4.93. The van der Waals surface area contributed by atoms with Crippen LogP contribution in [0.25, 0.3) is 0 Å². The van der Waals surface area contributed by atoms with Gasteiger partial charge in [-0.25, -0.2) is 17.5 Å². The number of hydrogen-bond acceptors (Lipinski definition) is 3. The van der Waals surface area contributed by atoms with Crippen LogP contribution in [0.4, 0.5) is 4.39 Å². The molecule has 2 rings (SSSR count). The zero-order valence-corrected chi connectivity index (χ0v) is 12.1. The van der Waals surface area contributed by atoms with Gasteiger partial charge in [0.05, 0.1) is 12.4 Å². The van der Waals surface area contributed by atoms with Crippen LogP contribution in [0.3, 0.4) is 0 Å². The highest BCUT2D eigenvalue weighted by molar-refractivity contribution is 7.88. The van der Waals surface area contributed by atoms with Gasteiger partial charge in [-0.3, -0.25) is 0 Å². The molecule has 4 nitrogen and oxygen atoms in total. The maximum Gasteiger partial charge on any atom is 0.216 e. The van der Waals surface area contributed by atoms with E-state index in [9.17, 15) is 12.8 Å². The molecule has 0 aromatic heterocycles. The van der Waals surface area contributed by atoms with Crippen LogP contribution in [0.15, 0.2) is 48.5 Å². The number of rotatable bonds is 6. The van der Waals surface area contributed by atoms with Crippen LogP contribution < -0.4 is 4.72 Å². The van der Waals surface area contributed by atoms with Gasteiger partial charge in [-0.2, -0.15) is 0 Å². The fourth-order valence-electron chi connectivity index (χ4n) is 1.88. The van der Waals surface area contributed by atoms with Crippen LogP contribution in [0.5, 0.6) is 0 Å². The molecule has 0 saturated heterocycles. The number of hydrogen-bond donors (Lipinski definition) is 2. The lowest BCUT2D eigenvalue weighted by atomic mass is 10.1. The lowest BCUT2D eigenvalue weighted by Gasteiger charge is -2.08. The Kier molecular flexibility index (Phi) is 5.06. The number of halogens is 1. The number of aliphatic hydroxyl groups excluding tert-OH is 1. The van der Waals surface area contributed by atoms with Crippen LogP contribution in [0, 0.1) is 5.82 Å². The minimum atomic E-state index is -3.49. The maximum atomic E-state index is 12.8. The summed E-state index contributed by atoms with van der Waals surface area (Å²) in [6.45, 7) is -0.0147. The first-order valence-corrected chi connectivity index (χ1v) is 8.04. The lowest BCUT2D eigenvalue weighted by molar-refractivity contribution is 0.282. The Hall–Kier alpha value is -1.76. The van der Waals surface area contributed by atoms with Gasteiger partial charge in [0.1, 0.15) is 5.82 Å². The Labute approximate surface area is 123 Å². The molecule has 0 aliphatic heterocycles. The molecule has 21 heavy (non-hydrogen) atoms. The van der Waals surface area contributed by atoms with Crippen molar-refractivity contribution in [3.63, 3.8) is 0 Å². The van der Waals surface area contributed by atoms with E-state index < -0.39 is 10.0 Å². The molecule has 0 aliphatic rings. The van der Waals surface area contributed by atoms with Crippen molar-refractivity contribution in [2.75, 3.05) is 0 Å². The van der Waals surface area contributed by atoms with Gasteiger partial charge in [-0.05, 0) is 28.8 Å². The van der Waals surface area contributed by atoms with E-state index in [0.717, 1.165) is 0 Å². The summed E-state index contributed by atoms with van der Waals surface area (Å²) < 4.78 is 39.2. The summed E-state index contributed by atoms with van der Waals surface area (Å²) in [6, 6.07) is 12.4. The zero-order chi connectivity index (χ0) is 15.3. The van der Waals surface area contributed by atoms with Crippen molar-refractivity contribution in [2.24, 2.45) is 0 Å². The number of benzene rings is 2. The second-order valence-electron chi connectivity index (χ2n) is 4.68. The monoisotopic (exact) mass is 309 g/mol. The van der Waals surface area contributed by atoms with Crippen molar-refractivity contribution in [3.8, 4) is 0 Å². The van der Waals surface area contributed by atoms with Crippen molar-refractivity contribution in [3.05, 3.63) is 71.0 Å². The fraction of sp³-hybridized carbons (Fsp3) is 0.200. The van der Waals surface area contributed by atoms with Gasteiger partial charge >= 0.3 is 0 Å². The van der Waals surface area contributed by atoms with E-state index in [2.05, 4.69) is 4.72 Å². The molecule has 112 valence electrons. The van der Waals surface area contributed by atoms with Crippen molar-refractivity contribution in [1.82, 2.24) is 4.72 Å². The highest BCUT2D eigenvalue weighted by Crippen LogP contribution is 2.09. The van der Waals surface area contributed by atoms with E-state index in [4.69, 9.17) is 5.11 Å². The molecule has 0 radical (unpaired) electrons. The van der Waals surface area contributed by atoms with Gasteiger partial charge in [0.25, 0.3) is 0 Å². The molecule has 2 N–H and O–H groups in total. The highest BCUT2D eigenvalue weighted by atomic mass is 32.2. The van der Waals surface area contributed by atoms with Crippen molar-refractivity contribution in [1.29, 1.82) is 0 Å². The highest BCUT2D eigenvalue weighted by Gasteiger charge is 2.11. The molecular formula is C15H16FNO3S. The largest absolute Gasteiger partial charge is 0.392 e. The van der Waals surface area contributed by atoms with Crippen molar-refractivity contribution < 1.29 is 17.9 Å². The summed E-state index contributed by atoms with van der Waals surface area (Å²) in [7, 11) is -3.49. The van der Waals surface area contributed by atoms with Gasteiger partial charge in [-0.1, -0.05) is 36.4 Å². The van der Waals surface area contributed by atoms with Gasteiger partial charge < -0.3 is 5.11 Å². The van der Waals surface area contributed by atoms with E-state index >= 15 is 0 Å². The van der Waals surface area contributed by atoms with Gasteiger partial charge in [0.2, 0.25) is 10.0 Å². The Bertz CT molecular complexity index is 699. The molecule has 2 aromatic carbocycles. The normalized spacial score (nSPS) is 11.5. The molecule has 0 amide bonds. The third-order valence-corrected chi connectivity index (χ3v) is 4.24. The SMILES string of the molecule is O=S(=O)(Cc1cccc(CO)c1)NCc1ccc(F)cc1. The Morgan fingerprint density at radius 3 is 2.33 bits per heavy atom. The molecule has 2 aromatic rings. The van der Waals surface area contributed by atoms with Crippen molar-refractivity contribution in [2.45, 2.75) is 18.9 Å². The first kappa shape index (κ1) is 15.6. The standard InChI is InChI=1S/C15H16FNO3S/c16-15-6-4-12(5-7-15)9-17-21(19,20)11-14-3-1-2-13(8-14)10-18/h1-8,17-18H,9-11H2. The van der Waals surface area contributed by atoms with E-state index in [1.54, 1.807) is 24.3 Å². The minimum absolute atomic E-state index is 0.113. The predicted octanol–water partition coefficient (Wildman–Crippen LogP) is 1.94. The molecular weight excluding hydrogens is 293 g/mol. The maximum absolute atomic E-state index is 12.8. The van der Waals surface area contributed by atoms with E-state index in [-0.39, 0.29) is 24.7 Å². The Balaban J connectivity index is 1.99.